The normalized spacial score (nSPS) is 26.9. The van der Waals surface area contributed by atoms with E-state index >= 15 is 0 Å². The fourth-order valence-corrected chi connectivity index (χ4v) is 5.27. The average Bonchev–Trinajstić information content (AvgIpc) is 3.23. The Bertz CT molecular complexity index is 532. The molecule has 140 valence electrons. The molecular weight excluding hydrogens is 322 g/mol. The molecule has 1 N–H and O–H groups in total. The Hall–Kier alpha value is -0.780. The van der Waals surface area contributed by atoms with Crippen molar-refractivity contribution in [2.75, 3.05) is 38.7 Å². The summed E-state index contributed by atoms with van der Waals surface area (Å²) in [5.41, 5.74) is -0.102. The highest BCUT2D eigenvalue weighted by atomic mass is 32.2. The zero-order chi connectivity index (χ0) is 17.8. The fourth-order valence-electron chi connectivity index (χ4n) is 3.78. The summed E-state index contributed by atoms with van der Waals surface area (Å²) in [6.07, 6.45) is 8.58. The van der Waals surface area contributed by atoms with E-state index in [-0.39, 0.29) is 11.2 Å². The molecule has 0 unspecified atom stereocenters. The largest absolute Gasteiger partial charge is 0.357 e. The third-order valence-corrected chi connectivity index (χ3v) is 6.59. The molecule has 0 spiro atoms. The van der Waals surface area contributed by atoms with Gasteiger partial charge in [-0.3, -0.25) is 4.99 Å². The third-order valence-electron chi connectivity index (χ3n) is 5.45. The monoisotopic (exact) mass is 357 g/mol. The molecule has 2 saturated carbocycles. The molecule has 0 aromatic carbocycles. The number of rotatable bonds is 7. The van der Waals surface area contributed by atoms with E-state index in [4.69, 9.17) is 4.99 Å². The van der Waals surface area contributed by atoms with Gasteiger partial charge in [0.15, 0.2) is 5.96 Å². The van der Waals surface area contributed by atoms with Crippen LogP contribution in [-0.4, -0.2) is 58.0 Å². The van der Waals surface area contributed by atoms with E-state index in [0.717, 1.165) is 43.7 Å². The number of nitrogens with zero attached hydrogens (tertiary/aromatic N) is 2. The van der Waals surface area contributed by atoms with Crippen molar-refractivity contribution in [3.8, 4) is 0 Å². The van der Waals surface area contributed by atoms with Gasteiger partial charge in [-0.1, -0.05) is 19.8 Å². The Balaban J connectivity index is 1.92. The Morgan fingerprint density at radius 1 is 1.25 bits per heavy atom. The molecule has 0 bridgehead atoms. The van der Waals surface area contributed by atoms with Gasteiger partial charge in [0.25, 0.3) is 0 Å². The summed E-state index contributed by atoms with van der Waals surface area (Å²) in [6.45, 7) is 6.92. The predicted molar refractivity (Wildman–Crippen MR) is 101 cm³/mol. The zero-order valence-electron chi connectivity index (χ0n) is 15.8. The Morgan fingerprint density at radius 3 is 2.38 bits per heavy atom. The lowest BCUT2D eigenvalue weighted by atomic mass is 9.83. The highest BCUT2D eigenvalue weighted by Crippen LogP contribution is 2.46. The van der Waals surface area contributed by atoms with Gasteiger partial charge < -0.3 is 10.2 Å². The number of hydrogen-bond acceptors (Lipinski definition) is 3. The summed E-state index contributed by atoms with van der Waals surface area (Å²) < 4.78 is 23.2. The molecule has 0 aromatic rings. The van der Waals surface area contributed by atoms with E-state index in [1.165, 1.54) is 31.9 Å². The van der Waals surface area contributed by atoms with Crippen molar-refractivity contribution in [1.29, 1.82) is 0 Å². The summed E-state index contributed by atoms with van der Waals surface area (Å²) in [5.74, 6) is 2.82. The maximum Gasteiger partial charge on any atom is 0.193 e. The minimum atomic E-state index is -2.93. The number of aliphatic imine (C=N–C) groups is 1. The molecule has 2 rings (SSSR count). The molecule has 0 radical (unpaired) electrons. The first kappa shape index (κ1) is 19.5. The van der Waals surface area contributed by atoms with E-state index in [2.05, 4.69) is 31.1 Å². The van der Waals surface area contributed by atoms with Crippen LogP contribution in [0.2, 0.25) is 0 Å². The minimum absolute atomic E-state index is 0.102. The van der Waals surface area contributed by atoms with Gasteiger partial charge in [0.2, 0.25) is 0 Å². The Morgan fingerprint density at radius 2 is 1.88 bits per heavy atom. The molecule has 0 atom stereocenters. The van der Waals surface area contributed by atoms with Crippen LogP contribution in [0, 0.1) is 17.3 Å². The van der Waals surface area contributed by atoms with E-state index < -0.39 is 9.84 Å². The van der Waals surface area contributed by atoms with Gasteiger partial charge in [0.05, 0.1) is 5.75 Å². The number of hydrogen-bond donors (Lipinski definition) is 1. The summed E-state index contributed by atoms with van der Waals surface area (Å²) >= 11 is 0. The smallest absolute Gasteiger partial charge is 0.193 e. The molecule has 0 amide bonds. The van der Waals surface area contributed by atoms with E-state index in [0.29, 0.717) is 6.54 Å². The molecule has 0 heterocycles. The van der Waals surface area contributed by atoms with E-state index in [1.807, 2.05) is 0 Å². The van der Waals surface area contributed by atoms with Crippen molar-refractivity contribution >= 4 is 15.8 Å². The van der Waals surface area contributed by atoms with Crippen LogP contribution in [0.25, 0.3) is 0 Å². The summed E-state index contributed by atoms with van der Waals surface area (Å²) in [7, 11) is -0.824. The lowest BCUT2D eigenvalue weighted by Crippen LogP contribution is -2.42. The molecule has 24 heavy (non-hydrogen) atoms. The van der Waals surface area contributed by atoms with Gasteiger partial charge in [-0.2, -0.15) is 0 Å². The Labute approximate surface area is 148 Å². The van der Waals surface area contributed by atoms with Crippen molar-refractivity contribution in [2.45, 2.75) is 52.4 Å². The van der Waals surface area contributed by atoms with Crippen molar-refractivity contribution in [2.24, 2.45) is 22.2 Å². The second-order valence-electron chi connectivity index (χ2n) is 8.25. The minimum Gasteiger partial charge on any atom is -0.357 e. The van der Waals surface area contributed by atoms with Crippen LogP contribution in [-0.2, 0) is 9.84 Å². The van der Waals surface area contributed by atoms with Crippen LogP contribution in [0.4, 0.5) is 0 Å². The van der Waals surface area contributed by atoms with Gasteiger partial charge in [-0.25, -0.2) is 8.42 Å². The lowest BCUT2D eigenvalue weighted by molar-refractivity contribution is 0.250. The number of nitrogens with one attached hydrogen (secondary N) is 1. The maximum atomic E-state index is 11.6. The highest BCUT2D eigenvalue weighted by Gasteiger charge is 2.45. The first-order valence-electron chi connectivity index (χ1n) is 9.40. The molecule has 5 nitrogen and oxygen atoms in total. The van der Waals surface area contributed by atoms with Gasteiger partial charge in [0, 0.05) is 38.4 Å². The first-order valence-corrected chi connectivity index (χ1v) is 11.5. The fraction of sp³-hybridized carbons (Fsp3) is 0.944. The van der Waals surface area contributed by atoms with E-state index in [1.54, 1.807) is 0 Å². The topological polar surface area (TPSA) is 61.8 Å². The summed E-state index contributed by atoms with van der Waals surface area (Å²) in [4.78, 5) is 7.02. The average molecular weight is 358 g/mol. The van der Waals surface area contributed by atoms with Crippen molar-refractivity contribution < 1.29 is 8.42 Å². The predicted octanol–water partition coefficient (Wildman–Crippen LogP) is 2.53. The molecule has 2 aliphatic rings. The first-order chi connectivity index (χ1) is 11.2. The third kappa shape index (κ3) is 6.26. The second kappa shape index (κ2) is 8.07. The molecule has 2 fully saturated rings. The van der Waals surface area contributed by atoms with Crippen LogP contribution in [0.1, 0.15) is 52.4 Å². The van der Waals surface area contributed by atoms with Crippen molar-refractivity contribution in [3.05, 3.63) is 0 Å². The number of guanidine groups is 1. The molecule has 6 heteroatoms. The van der Waals surface area contributed by atoms with E-state index in [9.17, 15) is 8.42 Å². The van der Waals surface area contributed by atoms with Crippen LogP contribution in [0.3, 0.4) is 0 Å². The van der Waals surface area contributed by atoms with Crippen LogP contribution in [0.15, 0.2) is 4.99 Å². The molecule has 0 aromatic heterocycles. The van der Waals surface area contributed by atoms with Gasteiger partial charge in [-0.05, 0) is 44.4 Å². The van der Waals surface area contributed by atoms with Gasteiger partial charge in [-0.15, -0.1) is 0 Å². The highest BCUT2D eigenvalue weighted by molar-refractivity contribution is 7.90. The summed E-state index contributed by atoms with van der Waals surface area (Å²) in [6, 6.07) is 0. The molecule has 2 aliphatic carbocycles. The van der Waals surface area contributed by atoms with Gasteiger partial charge in [0.1, 0.15) is 9.84 Å². The quantitative estimate of drug-likeness (QED) is 0.562. The standard InChI is InChI=1S/C18H35N3O2S/c1-5-19-17(20-13-18(10-11-18)14-24(4,22)23)21(3)12-16-8-6-15(2)7-9-16/h15-16H,5-14H2,1-4H3,(H,19,20). The molecule has 0 aliphatic heterocycles. The maximum absolute atomic E-state index is 11.6. The number of sulfone groups is 1. The van der Waals surface area contributed by atoms with Crippen LogP contribution >= 0.6 is 0 Å². The zero-order valence-corrected chi connectivity index (χ0v) is 16.7. The van der Waals surface area contributed by atoms with Crippen molar-refractivity contribution in [1.82, 2.24) is 10.2 Å². The second-order valence-corrected chi connectivity index (χ2v) is 10.4. The van der Waals surface area contributed by atoms with Crippen LogP contribution < -0.4 is 5.32 Å². The lowest BCUT2D eigenvalue weighted by Gasteiger charge is -2.31. The SMILES string of the molecule is CCNC(=NCC1(CS(C)(=O)=O)CC1)N(C)CC1CCC(C)CC1. The molecule has 0 saturated heterocycles. The van der Waals surface area contributed by atoms with Gasteiger partial charge >= 0.3 is 0 Å². The molecular formula is C18H35N3O2S. The van der Waals surface area contributed by atoms with Crippen molar-refractivity contribution in [3.63, 3.8) is 0 Å². The summed E-state index contributed by atoms with van der Waals surface area (Å²) in [5, 5.41) is 3.37. The van der Waals surface area contributed by atoms with Crippen LogP contribution in [0.5, 0.6) is 0 Å². The Kier molecular flexibility index (Phi) is 6.57.